The fourth-order valence-corrected chi connectivity index (χ4v) is 2.46. The second-order valence-corrected chi connectivity index (χ2v) is 5.67. The Morgan fingerprint density at radius 3 is 2.81 bits per heavy atom. The number of carbonyl (C=O) groups excluding carboxylic acids is 1. The van der Waals surface area contributed by atoms with Crippen LogP contribution in [0.5, 0.6) is 0 Å². The maximum absolute atomic E-state index is 12.1. The van der Waals surface area contributed by atoms with Gasteiger partial charge in [-0.25, -0.2) is 9.78 Å². The number of ether oxygens (including phenoxy) is 1. The van der Waals surface area contributed by atoms with Gasteiger partial charge < -0.3 is 9.84 Å². The Morgan fingerprint density at radius 2 is 2.19 bits per heavy atom. The number of amides is 1. The smallest absolute Gasteiger partial charge is 0.410 e. The molecule has 1 aromatic heterocycles. The first kappa shape index (κ1) is 15.5. The standard InChI is InChI=1S/C15H18N2O3S/c1-12(18)9-17(10-14-16-7-8-21-14)15(19)20-11-13-5-3-2-4-6-13/h2-8,12,18H,9-11H2,1H3. The lowest BCUT2D eigenvalue weighted by molar-refractivity contribution is 0.0704. The van der Waals surface area contributed by atoms with Crippen LogP contribution in [0.3, 0.4) is 0 Å². The predicted molar refractivity (Wildman–Crippen MR) is 80.8 cm³/mol. The highest BCUT2D eigenvalue weighted by atomic mass is 32.1. The van der Waals surface area contributed by atoms with Gasteiger partial charge in [-0.15, -0.1) is 11.3 Å². The van der Waals surface area contributed by atoms with E-state index < -0.39 is 12.2 Å². The number of nitrogens with zero attached hydrogens (tertiary/aromatic N) is 2. The van der Waals surface area contributed by atoms with Crippen molar-refractivity contribution < 1.29 is 14.6 Å². The van der Waals surface area contributed by atoms with Crippen molar-refractivity contribution in [1.29, 1.82) is 0 Å². The summed E-state index contributed by atoms with van der Waals surface area (Å²) < 4.78 is 5.29. The lowest BCUT2D eigenvalue weighted by Gasteiger charge is -2.22. The Labute approximate surface area is 127 Å². The molecular formula is C15H18N2O3S. The maximum atomic E-state index is 12.1. The van der Waals surface area contributed by atoms with Crippen molar-refractivity contribution in [2.45, 2.75) is 26.2 Å². The van der Waals surface area contributed by atoms with Crippen molar-refractivity contribution in [3.63, 3.8) is 0 Å². The highest BCUT2D eigenvalue weighted by Crippen LogP contribution is 2.11. The minimum Gasteiger partial charge on any atom is -0.445 e. The normalized spacial score (nSPS) is 11.9. The molecule has 1 amide bonds. The van der Waals surface area contributed by atoms with Crippen molar-refractivity contribution in [2.75, 3.05) is 6.54 Å². The quantitative estimate of drug-likeness (QED) is 0.891. The van der Waals surface area contributed by atoms with E-state index in [-0.39, 0.29) is 13.2 Å². The van der Waals surface area contributed by atoms with Gasteiger partial charge in [-0.05, 0) is 12.5 Å². The molecule has 1 aromatic carbocycles. The fraction of sp³-hybridized carbons (Fsp3) is 0.333. The van der Waals surface area contributed by atoms with Crippen LogP contribution in [-0.4, -0.2) is 33.7 Å². The molecule has 1 heterocycles. The first-order valence-electron chi connectivity index (χ1n) is 6.67. The zero-order valence-corrected chi connectivity index (χ0v) is 12.6. The number of hydrogen-bond donors (Lipinski definition) is 1. The van der Waals surface area contributed by atoms with Gasteiger partial charge in [0.2, 0.25) is 0 Å². The maximum Gasteiger partial charge on any atom is 0.410 e. The van der Waals surface area contributed by atoms with Gasteiger partial charge in [-0.2, -0.15) is 0 Å². The summed E-state index contributed by atoms with van der Waals surface area (Å²) in [6, 6.07) is 9.49. The van der Waals surface area contributed by atoms with E-state index in [1.807, 2.05) is 35.7 Å². The molecule has 0 fully saturated rings. The van der Waals surface area contributed by atoms with E-state index in [0.717, 1.165) is 10.6 Å². The zero-order valence-electron chi connectivity index (χ0n) is 11.8. The lowest BCUT2D eigenvalue weighted by atomic mass is 10.2. The van der Waals surface area contributed by atoms with E-state index in [1.54, 1.807) is 13.1 Å². The first-order valence-corrected chi connectivity index (χ1v) is 7.55. The summed E-state index contributed by atoms with van der Waals surface area (Å²) in [7, 11) is 0. The number of aromatic nitrogens is 1. The van der Waals surface area contributed by atoms with Crippen LogP contribution in [0.2, 0.25) is 0 Å². The molecule has 112 valence electrons. The Morgan fingerprint density at radius 1 is 1.43 bits per heavy atom. The Bertz CT molecular complexity index is 543. The molecule has 21 heavy (non-hydrogen) atoms. The summed E-state index contributed by atoms with van der Waals surface area (Å²) in [5, 5.41) is 12.2. The molecule has 1 atom stereocenters. The molecule has 1 N–H and O–H groups in total. The second-order valence-electron chi connectivity index (χ2n) is 4.70. The molecule has 6 heteroatoms. The molecule has 0 bridgehead atoms. The summed E-state index contributed by atoms with van der Waals surface area (Å²) in [6.45, 7) is 2.41. The number of rotatable bonds is 6. The number of thiazole rings is 1. The van der Waals surface area contributed by atoms with Gasteiger partial charge in [0.05, 0.1) is 19.2 Å². The summed E-state index contributed by atoms with van der Waals surface area (Å²) in [4.78, 5) is 17.8. The van der Waals surface area contributed by atoms with Crippen LogP contribution in [-0.2, 0) is 17.9 Å². The van der Waals surface area contributed by atoms with Crippen LogP contribution in [0.1, 0.15) is 17.5 Å². The zero-order chi connectivity index (χ0) is 15.1. The summed E-state index contributed by atoms with van der Waals surface area (Å²) in [6.07, 6.45) is 0.625. The number of benzene rings is 1. The highest BCUT2D eigenvalue weighted by molar-refractivity contribution is 7.09. The van der Waals surface area contributed by atoms with Gasteiger partial charge in [-0.1, -0.05) is 30.3 Å². The third-order valence-electron chi connectivity index (χ3n) is 2.76. The van der Waals surface area contributed by atoms with Gasteiger partial charge in [0.15, 0.2) is 0 Å². The van der Waals surface area contributed by atoms with E-state index >= 15 is 0 Å². The first-order chi connectivity index (χ1) is 10.1. The van der Waals surface area contributed by atoms with Crippen LogP contribution in [0.15, 0.2) is 41.9 Å². The summed E-state index contributed by atoms with van der Waals surface area (Å²) in [5.74, 6) is 0. The molecular weight excluding hydrogens is 288 g/mol. The van der Waals surface area contributed by atoms with Crippen molar-refractivity contribution in [3.05, 3.63) is 52.5 Å². The topological polar surface area (TPSA) is 62.7 Å². The van der Waals surface area contributed by atoms with E-state index in [4.69, 9.17) is 4.74 Å². The average Bonchev–Trinajstić information content (AvgIpc) is 2.98. The van der Waals surface area contributed by atoms with Gasteiger partial charge in [0, 0.05) is 11.6 Å². The Hall–Kier alpha value is -1.92. The van der Waals surface area contributed by atoms with Gasteiger partial charge in [-0.3, -0.25) is 4.90 Å². The molecule has 0 aliphatic rings. The van der Waals surface area contributed by atoms with Crippen molar-refractivity contribution >= 4 is 17.4 Å². The van der Waals surface area contributed by atoms with Crippen LogP contribution in [0.4, 0.5) is 4.79 Å². The minimum atomic E-state index is -0.616. The molecule has 0 saturated carbocycles. The molecule has 0 aliphatic carbocycles. The van der Waals surface area contributed by atoms with Crippen LogP contribution in [0, 0.1) is 0 Å². The molecule has 0 radical (unpaired) electrons. The minimum absolute atomic E-state index is 0.215. The van der Waals surface area contributed by atoms with E-state index in [0.29, 0.717) is 6.54 Å². The SMILES string of the molecule is CC(O)CN(Cc1nccs1)C(=O)OCc1ccccc1. The lowest BCUT2D eigenvalue weighted by Crippen LogP contribution is -2.36. The largest absolute Gasteiger partial charge is 0.445 e. The van der Waals surface area contributed by atoms with Gasteiger partial charge >= 0.3 is 6.09 Å². The molecule has 1 unspecified atom stereocenters. The number of carbonyl (C=O) groups is 1. The monoisotopic (exact) mass is 306 g/mol. The molecule has 2 rings (SSSR count). The fourth-order valence-electron chi connectivity index (χ4n) is 1.83. The number of hydrogen-bond acceptors (Lipinski definition) is 5. The van der Waals surface area contributed by atoms with E-state index in [2.05, 4.69) is 4.98 Å². The Balaban J connectivity index is 1.93. The molecule has 5 nitrogen and oxygen atoms in total. The molecule has 0 aliphatic heterocycles. The van der Waals surface area contributed by atoms with Crippen molar-refractivity contribution in [3.8, 4) is 0 Å². The molecule has 0 saturated heterocycles. The predicted octanol–water partition coefficient (Wildman–Crippen LogP) is 2.66. The summed E-state index contributed by atoms with van der Waals surface area (Å²) in [5.41, 5.74) is 0.928. The van der Waals surface area contributed by atoms with E-state index in [1.165, 1.54) is 16.2 Å². The third-order valence-corrected chi connectivity index (χ3v) is 3.52. The van der Waals surface area contributed by atoms with Crippen LogP contribution >= 0.6 is 11.3 Å². The number of aliphatic hydroxyl groups excluding tert-OH is 1. The second kappa shape index (κ2) is 7.75. The Kier molecular flexibility index (Phi) is 5.71. The van der Waals surface area contributed by atoms with E-state index in [9.17, 15) is 9.90 Å². The number of aliphatic hydroxyl groups is 1. The van der Waals surface area contributed by atoms with Crippen LogP contribution < -0.4 is 0 Å². The average molecular weight is 306 g/mol. The molecule has 0 spiro atoms. The third kappa shape index (κ3) is 5.17. The van der Waals surface area contributed by atoms with Gasteiger partial charge in [0.1, 0.15) is 11.6 Å². The molecule has 2 aromatic rings. The summed E-state index contributed by atoms with van der Waals surface area (Å²) >= 11 is 1.47. The van der Waals surface area contributed by atoms with Crippen molar-refractivity contribution in [1.82, 2.24) is 9.88 Å². The van der Waals surface area contributed by atoms with Crippen molar-refractivity contribution in [2.24, 2.45) is 0 Å². The van der Waals surface area contributed by atoms with Crippen LogP contribution in [0.25, 0.3) is 0 Å². The van der Waals surface area contributed by atoms with Gasteiger partial charge in [0.25, 0.3) is 0 Å². The highest BCUT2D eigenvalue weighted by Gasteiger charge is 2.18.